The quantitative estimate of drug-likeness (QED) is 0.587. The van der Waals surface area contributed by atoms with Crippen molar-refractivity contribution >= 4 is 23.2 Å². The predicted octanol–water partition coefficient (Wildman–Crippen LogP) is 2.56. The van der Waals surface area contributed by atoms with Crippen LogP contribution in [0.2, 0.25) is 10.2 Å². The number of halogens is 2. The molecule has 0 amide bonds. The summed E-state index contributed by atoms with van der Waals surface area (Å²) in [4.78, 5) is 7.64. The molecular weight excluding hydrogens is 259 g/mol. The van der Waals surface area contributed by atoms with E-state index in [1.807, 2.05) is 6.07 Å². The van der Waals surface area contributed by atoms with Crippen LogP contribution in [0.25, 0.3) is 5.69 Å². The van der Waals surface area contributed by atoms with Crippen molar-refractivity contribution in [3.63, 3.8) is 0 Å². The van der Waals surface area contributed by atoms with Crippen LogP contribution in [0.3, 0.4) is 0 Å². The molecule has 2 rings (SSSR count). The molecule has 4 nitrogen and oxygen atoms in total. The van der Waals surface area contributed by atoms with Crippen LogP contribution in [0, 0.1) is 11.5 Å². The smallest absolute Gasteiger partial charge is 0.207 e. The van der Waals surface area contributed by atoms with Crippen LogP contribution in [0.4, 0.5) is 0 Å². The number of nitriles is 1. The molecule has 6 heteroatoms. The van der Waals surface area contributed by atoms with Gasteiger partial charge in [0, 0.05) is 6.20 Å². The third kappa shape index (κ3) is 2.47. The fraction of sp³-hybridized carbons (Fsp3) is 0. The van der Waals surface area contributed by atoms with E-state index < -0.39 is 0 Å². The Labute approximate surface area is 107 Å². The van der Waals surface area contributed by atoms with E-state index in [1.54, 1.807) is 41.4 Å². The summed E-state index contributed by atoms with van der Waals surface area (Å²) in [6.45, 7) is 0. The SMILES string of the molecule is N#CN=c1ccccn1-c1cnc(Cl)c(Cl)c1. The van der Waals surface area contributed by atoms with Gasteiger partial charge >= 0.3 is 0 Å². The lowest BCUT2D eigenvalue weighted by molar-refractivity contribution is 0.943. The van der Waals surface area contributed by atoms with E-state index in [9.17, 15) is 0 Å². The molecule has 0 N–H and O–H groups in total. The summed E-state index contributed by atoms with van der Waals surface area (Å²) in [5, 5.41) is 9.19. The van der Waals surface area contributed by atoms with Crippen LogP contribution in [0.1, 0.15) is 0 Å². The van der Waals surface area contributed by atoms with Crippen molar-refractivity contribution in [1.29, 1.82) is 5.26 Å². The van der Waals surface area contributed by atoms with Crippen molar-refractivity contribution in [2.45, 2.75) is 0 Å². The van der Waals surface area contributed by atoms with Crippen molar-refractivity contribution in [3.8, 4) is 11.9 Å². The average molecular weight is 265 g/mol. The Morgan fingerprint density at radius 3 is 2.88 bits per heavy atom. The van der Waals surface area contributed by atoms with E-state index in [1.165, 1.54) is 0 Å². The number of aromatic nitrogens is 2. The van der Waals surface area contributed by atoms with Crippen molar-refractivity contribution in [1.82, 2.24) is 9.55 Å². The van der Waals surface area contributed by atoms with Gasteiger partial charge in [0.2, 0.25) is 6.19 Å². The Morgan fingerprint density at radius 1 is 1.35 bits per heavy atom. The van der Waals surface area contributed by atoms with Gasteiger partial charge in [-0.2, -0.15) is 10.3 Å². The van der Waals surface area contributed by atoms with E-state index in [4.69, 9.17) is 28.5 Å². The second-order valence-corrected chi connectivity index (χ2v) is 3.87. The molecule has 0 aliphatic carbocycles. The first-order valence-electron chi connectivity index (χ1n) is 4.64. The van der Waals surface area contributed by atoms with E-state index in [0.29, 0.717) is 16.2 Å². The zero-order valence-corrected chi connectivity index (χ0v) is 10.0. The van der Waals surface area contributed by atoms with Gasteiger partial charge in [0.15, 0.2) is 0 Å². The monoisotopic (exact) mass is 264 g/mol. The Morgan fingerprint density at radius 2 is 2.18 bits per heavy atom. The number of hydrogen-bond donors (Lipinski definition) is 0. The molecule has 0 unspecified atom stereocenters. The van der Waals surface area contributed by atoms with Crippen LogP contribution < -0.4 is 5.49 Å². The lowest BCUT2D eigenvalue weighted by atomic mass is 10.4. The zero-order valence-electron chi connectivity index (χ0n) is 8.51. The van der Waals surface area contributed by atoms with Crippen LogP contribution >= 0.6 is 23.2 Å². The molecule has 0 spiro atoms. The maximum Gasteiger partial charge on any atom is 0.207 e. The first-order valence-corrected chi connectivity index (χ1v) is 5.40. The molecule has 2 heterocycles. The summed E-state index contributed by atoms with van der Waals surface area (Å²) in [6, 6.07) is 6.98. The molecule has 0 aromatic carbocycles. The van der Waals surface area contributed by atoms with Gasteiger partial charge in [-0.15, -0.1) is 0 Å². The zero-order chi connectivity index (χ0) is 12.3. The highest BCUT2D eigenvalue weighted by molar-refractivity contribution is 6.41. The molecule has 2 aromatic rings. The summed E-state index contributed by atoms with van der Waals surface area (Å²) in [7, 11) is 0. The number of pyridine rings is 2. The Kier molecular flexibility index (Phi) is 3.43. The predicted molar refractivity (Wildman–Crippen MR) is 64.8 cm³/mol. The molecule has 0 aliphatic heterocycles. The fourth-order valence-corrected chi connectivity index (χ4v) is 1.60. The van der Waals surface area contributed by atoms with Crippen LogP contribution in [0.5, 0.6) is 0 Å². The topological polar surface area (TPSA) is 54.0 Å². The molecule has 0 aliphatic rings. The minimum Gasteiger partial charge on any atom is -0.300 e. The van der Waals surface area contributed by atoms with Crippen molar-refractivity contribution < 1.29 is 0 Å². The largest absolute Gasteiger partial charge is 0.300 e. The second-order valence-electron chi connectivity index (χ2n) is 3.11. The highest BCUT2D eigenvalue weighted by Gasteiger charge is 2.02. The normalized spacial score (nSPS) is 11.2. The molecule has 0 fully saturated rings. The van der Waals surface area contributed by atoms with Gasteiger partial charge in [0.05, 0.1) is 16.9 Å². The van der Waals surface area contributed by atoms with E-state index in [0.717, 1.165) is 0 Å². The summed E-state index contributed by atoms with van der Waals surface area (Å²) < 4.78 is 1.69. The Balaban J connectivity index is 2.65. The van der Waals surface area contributed by atoms with Crippen molar-refractivity contribution in [2.24, 2.45) is 4.99 Å². The van der Waals surface area contributed by atoms with Crippen LogP contribution in [0.15, 0.2) is 41.7 Å². The summed E-state index contributed by atoms with van der Waals surface area (Å²) >= 11 is 11.6. The third-order valence-electron chi connectivity index (χ3n) is 2.06. The molecule has 0 radical (unpaired) electrons. The van der Waals surface area contributed by atoms with E-state index in [2.05, 4.69) is 9.98 Å². The second kappa shape index (κ2) is 5.00. The van der Waals surface area contributed by atoms with Crippen LogP contribution in [-0.2, 0) is 0 Å². The summed E-state index contributed by atoms with van der Waals surface area (Å²) in [6.07, 6.45) is 5.07. The van der Waals surface area contributed by atoms with E-state index >= 15 is 0 Å². The number of hydrogen-bond acceptors (Lipinski definition) is 3. The van der Waals surface area contributed by atoms with Gasteiger partial charge in [-0.1, -0.05) is 29.3 Å². The Bertz CT molecular complexity index is 655. The molecule has 0 saturated heterocycles. The maximum atomic E-state index is 8.60. The molecule has 0 bridgehead atoms. The van der Waals surface area contributed by atoms with Gasteiger partial charge in [0.1, 0.15) is 10.6 Å². The molecule has 0 saturated carbocycles. The van der Waals surface area contributed by atoms with E-state index in [-0.39, 0.29) is 5.15 Å². The standard InChI is InChI=1S/C11H6Cl2N4/c12-9-5-8(6-15-11(9)13)17-4-2-1-3-10(17)16-7-14/h1-6H. The van der Waals surface area contributed by atoms with Gasteiger partial charge in [0.25, 0.3) is 0 Å². The number of rotatable bonds is 1. The van der Waals surface area contributed by atoms with Crippen LogP contribution in [-0.4, -0.2) is 9.55 Å². The minimum atomic E-state index is 0.241. The fourth-order valence-electron chi connectivity index (χ4n) is 1.34. The summed E-state index contributed by atoms with van der Waals surface area (Å²) in [5.74, 6) is 0. The molecule has 2 aromatic heterocycles. The molecule has 84 valence electrons. The molecule has 0 atom stereocenters. The summed E-state index contributed by atoms with van der Waals surface area (Å²) in [5.41, 5.74) is 1.18. The number of nitrogens with zero attached hydrogens (tertiary/aromatic N) is 4. The highest BCUT2D eigenvalue weighted by atomic mass is 35.5. The minimum absolute atomic E-state index is 0.241. The molecule has 17 heavy (non-hydrogen) atoms. The first-order chi connectivity index (χ1) is 8.22. The maximum absolute atomic E-state index is 8.60. The molecular formula is C11H6Cl2N4. The van der Waals surface area contributed by atoms with Gasteiger partial charge in [-0.05, 0) is 18.2 Å². The van der Waals surface area contributed by atoms with Gasteiger partial charge in [-0.25, -0.2) is 4.98 Å². The van der Waals surface area contributed by atoms with Crippen molar-refractivity contribution in [2.75, 3.05) is 0 Å². The lowest BCUT2D eigenvalue weighted by Gasteiger charge is -2.06. The highest BCUT2D eigenvalue weighted by Crippen LogP contribution is 2.20. The Hall–Kier alpha value is -1.83. The lowest BCUT2D eigenvalue weighted by Crippen LogP contribution is -2.17. The first kappa shape index (κ1) is 11.6. The van der Waals surface area contributed by atoms with Crippen molar-refractivity contribution in [3.05, 3.63) is 52.3 Å². The van der Waals surface area contributed by atoms with Gasteiger partial charge in [-0.3, -0.25) is 4.57 Å². The van der Waals surface area contributed by atoms with Gasteiger partial charge < -0.3 is 0 Å². The average Bonchev–Trinajstić information content (AvgIpc) is 2.34. The third-order valence-corrected chi connectivity index (χ3v) is 2.75.